The number of likely N-dealkylation sites (N-methyl/N-ethyl adjacent to an activating group) is 1. The molecular formula is C14H22N2O3. The van der Waals surface area contributed by atoms with Crippen LogP contribution in [-0.2, 0) is 9.53 Å². The van der Waals surface area contributed by atoms with Crippen molar-refractivity contribution >= 4 is 11.6 Å². The van der Waals surface area contributed by atoms with E-state index >= 15 is 0 Å². The maximum Gasteiger partial charge on any atom is 0.260 e. The molecule has 0 heterocycles. The molecule has 0 aromatic heterocycles. The Balaban J connectivity index is 2.40. The number of anilines is 1. The quantitative estimate of drug-likeness (QED) is 0.572. The van der Waals surface area contributed by atoms with Crippen LogP contribution in [-0.4, -0.2) is 43.7 Å². The molecule has 0 saturated heterocycles. The predicted molar refractivity (Wildman–Crippen MR) is 75.1 cm³/mol. The number of carbonyl (C=O) groups is 1. The Morgan fingerprint density at radius 2 is 2.16 bits per heavy atom. The number of nitrogens with zero attached hydrogens (tertiary/aromatic N) is 1. The van der Waals surface area contributed by atoms with Gasteiger partial charge in [-0.15, -0.1) is 0 Å². The molecule has 1 rings (SSSR count). The van der Waals surface area contributed by atoms with Crippen LogP contribution in [0.5, 0.6) is 5.75 Å². The SMILES string of the molecule is CCOCCN(CC)C(=O)COc1cccc(N)c1. The molecule has 0 atom stereocenters. The summed E-state index contributed by atoms with van der Waals surface area (Å²) in [5, 5.41) is 0. The molecule has 0 spiro atoms. The number of nitrogens with two attached hydrogens (primary N) is 1. The lowest BCUT2D eigenvalue weighted by atomic mass is 10.3. The first kappa shape index (κ1) is 15.3. The van der Waals surface area contributed by atoms with Gasteiger partial charge in [-0.05, 0) is 26.0 Å². The Labute approximate surface area is 114 Å². The van der Waals surface area contributed by atoms with Crippen molar-refractivity contribution in [3.05, 3.63) is 24.3 Å². The molecule has 0 bridgehead atoms. The molecule has 2 N–H and O–H groups in total. The maximum absolute atomic E-state index is 11.9. The topological polar surface area (TPSA) is 64.8 Å². The van der Waals surface area contributed by atoms with Gasteiger partial charge >= 0.3 is 0 Å². The molecule has 5 heteroatoms. The van der Waals surface area contributed by atoms with E-state index in [9.17, 15) is 4.79 Å². The fraction of sp³-hybridized carbons (Fsp3) is 0.500. The fourth-order valence-electron chi connectivity index (χ4n) is 1.62. The third kappa shape index (κ3) is 5.61. The van der Waals surface area contributed by atoms with Crippen molar-refractivity contribution in [2.45, 2.75) is 13.8 Å². The Morgan fingerprint density at radius 1 is 1.37 bits per heavy atom. The van der Waals surface area contributed by atoms with E-state index in [0.717, 1.165) is 0 Å². The van der Waals surface area contributed by atoms with Gasteiger partial charge in [-0.25, -0.2) is 0 Å². The van der Waals surface area contributed by atoms with E-state index in [4.69, 9.17) is 15.2 Å². The highest BCUT2D eigenvalue weighted by Gasteiger charge is 2.12. The number of nitrogen functional groups attached to an aromatic ring is 1. The summed E-state index contributed by atoms with van der Waals surface area (Å²) in [6.07, 6.45) is 0. The summed E-state index contributed by atoms with van der Waals surface area (Å²) in [5.41, 5.74) is 6.26. The van der Waals surface area contributed by atoms with Crippen molar-refractivity contribution in [3.63, 3.8) is 0 Å². The number of benzene rings is 1. The molecule has 0 fully saturated rings. The van der Waals surface area contributed by atoms with Crippen LogP contribution >= 0.6 is 0 Å². The minimum atomic E-state index is -0.0513. The van der Waals surface area contributed by atoms with Crippen molar-refractivity contribution in [1.82, 2.24) is 4.90 Å². The summed E-state index contributed by atoms with van der Waals surface area (Å²) in [7, 11) is 0. The molecular weight excluding hydrogens is 244 g/mol. The molecule has 1 aromatic carbocycles. The summed E-state index contributed by atoms with van der Waals surface area (Å²) in [6, 6.07) is 7.04. The Kier molecular flexibility index (Phi) is 6.74. The average molecular weight is 266 g/mol. The van der Waals surface area contributed by atoms with Gasteiger partial charge in [0.15, 0.2) is 6.61 Å². The highest BCUT2D eigenvalue weighted by Crippen LogP contribution is 2.14. The lowest BCUT2D eigenvalue weighted by Gasteiger charge is -2.20. The van der Waals surface area contributed by atoms with Crippen LogP contribution in [0.3, 0.4) is 0 Å². The first-order valence-electron chi connectivity index (χ1n) is 6.51. The largest absolute Gasteiger partial charge is 0.484 e. The summed E-state index contributed by atoms with van der Waals surface area (Å²) in [5.74, 6) is 0.554. The fourth-order valence-corrected chi connectivity index (χ4v) is 1.62. The average Bonchev–Trinajstić information content (AvgIpc) is 2.41. The second kappa shape index (κ2) is 8.37. The van der Waals surface area contributed by atoms with E-state index in [1.165, 1.54) is 0 Å². The second-order valence-corrected chi connectivity index (χ2v) is 4.03. The molecule has 0 aliphatic heterocycles. The Bertz CT molecular complexity index is 396. The van der Waals surface area contributed by atoms with Gasteiger partial charge < -0.3 is 20.1 Å². The van der Waals surface area contributed by atoms with Gasteiger partial charge in [-0.1, -0.05) is 6.07 Å². The first-order chi connectivity index (χ1) is 9.17. The van der Waals surface area contributed by atoms with Crippen LogP contribution < -0.4 is 10.5 Å². The Morgan fingerprint density at radius 3 is 2.79 bits per heavy atom. The summed E-state index contributed by atoms with van der Waals surface area (Å²) < 4.78 is 10.7. The molecule has 106 valence electrons. The zero-order valence-corrected chi connectivity index (χ0v) is 11.6. The maximum atomic E-state index is 11.9. The van der Waals surface area contributed by atoms with Gasteiger partial charge in [-0.2, -0.15) is 0 Å². The molecule has 0 radical (unpaired) electrons. The monoisotopic (exact) mass is 266 g/mol. The van der Waals surface area contributed by atoms with Crippen LogP contribution in [0.2, 0.25) is 0 Å². The molecule has 0 aliphatic rings. The Hall–Kier alpha value is -1.75. The van der Waals surface area contributed by atoms with Gasteiger partial charge in [0.2, 0.25) is 0 Å². The number of rotatable bonds is 8. The number of ether oxygens (including phenoxy) is 2. The third-order valence-corrected chi connectivity index (χ3v) is 2.66. The molecule has 0 saturated carbocycles. The molecule has 0 unspecified atom stereocenters. The van der Waals surface area contributed by atoms with Crippen molar-refractivity contribution in [2.75, 3.05) is 38.6 Å². The number of hydrogen-bond donors (Lipinski definition) is 1. The normalized spacial score (nSPS) is 10.2. The standard InChI is InChI=1S/C14H22N2O3/c1-3-16(8-9-18-4-2)14(17)11-19-13-7-5-6-12(15)10-13/h5-7,10H,3-4,8-9,11,15H2,1-2H3. The van der Waals surface area contributed by atoms with Crippen molar-refractivity contribution in [1.29, 1.82) is 0 Å². The molecule has 0 aliphatic carbocycles. The zero-order valence-electron chi connectivity index (χ0n) is 11.6. The molecule has 1 amide bonds. The van der Waals surface area contributed by atoms with Gasteiger partial charge in [0, 0.05) is 31.5 Å². The first-order valence-corrected chi connectivity index (χ1v) is 6.51. The molecule has 1 aromatic rings. The van der Waals surface area contributed by atoms with Crippen molar-refractivity contribution in [2.24, 2.45) is 0 Å². The molecule has 5 nitrogen and oxygen atoms in total. The van der Waals surface area contributed by atoms with E-state index in [1.54, 1.807) is 29.2 Å². The van der Waals surface area contributed by atoms with Crippen LogP contribution in [0, 0.1) is 0 Å². The van der Waals surface area contributed by atoms with E-state index in [2.05, 4.69) is 0 Å². The van der Waals surface area contributed by atoms with Crippen LogP contribution in [0.15, 0.2) is 24.3 Å². The summed E-state index contributed by atoms with van der Waals surface area (Å²) >= 11 is 0. The van der Waals surface area contributed by atoms with E-state index < -0.39 is 0 Å². The lowest BCUT2D eigenvalue weighted by molar-refractivity contribution is -0.133. The number of amides is 1. The smallest absolute Gasteiger partial charge is 0.260 e. The third-order valence-electron chi connectivity index (χ3n) is 2.66. The van der Waals surface area contributed by atoms with Gasteiger partial charge in [0.1, 0.15) is 5.75 Å². The highest BCUT2D eigenvalue weighted by molar-refractivity contribution is 5.77. The summed E-state index contributed by atoms with van der Waals surface area (Å²) in [4.78, 5) is 13.7. The minimum absolute atomic E-state index is 0.0173. The van der Waals surface area contributed by atoms with Crippen LogP contribution in [0.4, 0.5) is 5.69 Å². The molecule has 19 heavy (non-hydrogen) atoms. The second-order valence-electron chi connectivity index (χ2n) is 4.03. The zero-order chi connectivity index (χ0) is 14.1. The van der Waals surface area contributed by atoms with Crippen molar-refractivity contribution < 1.29 is 14.3 Å². The van der Waals surface area contributed by atoms with Gasteiger partial charge in [0.05, 0.1) is 6.61 Å². The van der Waals surface area contributed by atoms with Crippen LogP contribution in [0.1, 0.15) is 13.8 Å². The van der Waals surface area contributed by atoms with E-state index in [1.807, 2.05) is 13.8 Å². The predicted octanol–water partition coefficient (Wildman–Crippen LogP) is 1.53. The van der Waals surface area contributed by atoms with E-state index in [-0.39, 0.29) is 12.5 Å². The summed E-state index contributed by atoms with van der Waals surface area (Å²) in [6.45, 7) is 6.32. The van der Waals surface area contributed by atoms with E-state index in [0.29, 0.717) is 37.7 Å². The van der Waals surface area contributed by atoms with Crippen LogP contribution in [0.25, 0.3) is 0 Å². The van der Waals surface area contributed by atoms with Gasteiger partial charge in [-0.3, -0.25) is 4.79 Å². The lowest BCUT2D eigenvalue weighted by Crippen LogP contribution is -2.37. The number of hydrogen-bond acceptors (Lipinski definition) is 4. The number of carbonyl (C=O) groups excluding carboxylic acids is 1. The van der Waals surface area contributed by atoms with Gasteiger partial charge in [0.25, 0.3) is 5.91 Å². The minimum Gasteiger partial charge on any atom is -0.484 e. The highest BCUT2D eigenvalue weighted by atomic mass is 16.5. The van der Waals surface area contributed by atoms with Crippen molar-refractivity contribution in [3.8, 4) is 5.75 Å².